The summed E-state index contributed by atoms with van der Waals surface area (Å²) in [7, 11) is 5.65. The maximum atomic E-state index is 12.3. The third-order valence-electron chi connectivity index (χ3n) is 5.22. The van der Waals surface area contributed by atoms with Gasteiger partial charge in [0.05, 0.1) is 32.2 Å². The van der Waals surface area contributed by atoms with E-state index in [-0.39, 0.29) is 5.91 Å². The molecule has 3 rings (SSSR count). The lowest BCUT2D eigenvalue weighted by Crippen LogP contribution is -2.44. The molecule has 0 saturated carbocycles. The second-order valence-electron chi connectivity index (χ2n) is 7.53. The van der Waals surface area contributed by atoms with Crippen molar-refractivity contribution < 1.29 is 9.53 Å². The third-order valence-corrected chi connectivity index (χ3v) is 5.22. The zero-order valence-corrected chi connectivity index (χ0v) is 18.0. The summed E-state index contributed by atoms with van der Waals surface area (Å²) in [5.41, 5.74) is 2.00. The molecule has 1 aromatic rings. The van der Waals surface area contributed by atoms with E-state index < -0.39 is 0 Å². The maximum absolute atomic E-state index is 12.3. The summed E-state index contributed by atoms with van der Waals surface area (Å²) < 4.78 is 7.21. The fraction of sp³-hybridized carbons (Fsp3) is 0.500. The number of carbonyl (C=O) groups excluding carboxylic acids is 1. The van der Waals surface area contributed by atoms with Crippen LogP contribution in [0.1, 0.15) is 18.4 Å². The second-order valence-corrected chi connectivity index (χ2v) is 7.53. The maximum Gasteiger partial charge on any atom is 0.301 e. The topological polar surface area (TPSA) is 75.0 Å². The van der Waals surface area contributed by atoms with Crippen LogP contribution in [-0.2, 0) is 16.6 Å². The van der Waals surface area contributed by atoms with E-state index in [2.05, 4.69) is 44.1 Å². The molecule has 2 aliphatic rings. The summed E-state index contributed by atoms with van der Waals surface area (Å²) in [5, 5.41) is 7.09. The van der Waals surface area contributed by atoms with Crippen LogP contribution in [0.25, 0.3) is 5.57 Å². The summed E-state index contributed by atoms with van der Waals surface area (Å²) in [6.45, 7) is 5.09. The smallest absolute Gasteiger partial charge is 0.301 e. The van der Waals surface area contributed by atoms with Gasteiger partial charge in [-0.25, -0.2) is 0 Å². The van der Waals surface area contributed by atoms with Crippen LogP contribution in [0.3, 0.4) is 0 Å². The van der Waals surface area contributed by atoms with Crippen molar-refractivity contribution in [2.75, 3.05) is 53.4 Å². The second kappa shape index (κ2) is 10.8. The van der Waals surface area contributed by atoms with Crippen LogP contribution in [0.4, 0.5) is 0 Å². The molecule has 1 aromatic heterocycles. The van der Waals surface area contributed by atoms with Gasteiger partial charge in [0.2, 0.25) is 0 Å². The molecule has 0 spiro atoms. The number of hydrogen-bond acceptors (Lipinski definition) is 6. The first-order chi connectivity index (χ1) is 14.5. The molecule has 1 amide bonds. The number of piperazine rings is 1. The molecule has 160 valence electrons. The minimum Gasteiger partial charge on any atom is -0.501 e. The molecule has 0 aromatic carbocycles. The Kier molecular flexibility index (Phi) is 7.82. The summed E-state index contributed by atoms with van der Waals surface area (Å²) in [5.74, 6) is 6.82. The predicted octanol–water partition coefficient (Wildman–Crippen LogP) is 0.893. The van der Waals surface area contributed by atoms with E-state index >= 15 is 0 Å². The van der Waals surface area contributed by atoms with Gasteiger partial charge in [-0.2, -0.15) is 5.10 Å². The molecule has 0 radical (unpaired) electrons. The van der Waals surface area contributed by atoms with Gasteiger partial charge in [-0.05, 0) is 24.6 Å². The van der Waals surface area contributed by atoms with Crippen LogP contribution in [0, 0.1) is 11.8 Å². The number of likely N-dealkylation sites (N-methyl/N-ethyl adjacent to an activating group) is 1. The third kappa shape index (κ3) is 6.58. The molecule has 1 N–H and O–H groups in total. The summed E-state index contributed by atoms with van der Waals surface area (Å²) >= 11 is 0. The Morgan fingerprint density at radius 2 is 2.00 bits per heavy atom. The van der Waals surface area contributed by atoms with E-state index in [0.29, 0.717) is 31.8 Å². The SMILES string of the molecule is CO/C1=C/C=C(/c2cnn(C)c2)CN=C(NC(=O)C#CCN2CCN(C)CC2)CC1. The zero-order chi connectivity index (χ0) is 21.3. The van der Waals surface area contributed by atoms with Crippen molar-refractivity contribution in [3.63, 3.8) is 0 Å². The molecule has 0 aliphatic carbocycles. The molecule has 8 nitrogen and oxygen atoms in total. The molecule has 0 unspecified atom stereocenters. The van der Waals surface area contributed by atoms with E-state index in [1.807, 2.05) is 31.6 Å². The highest BCUT2D eigenvalue weighted by atomic mass is 16.5. The van der Waals surface area contributed by atoms with Crippen LogP contribution in [0.15, 0.2) is 35.3 Å². The number of aromatic nitrogens is 2. The summed E-state index contributed by atoms with van der Waals surface area (Å²) in [6, 6.07) is 0. The number of nitrogens with zero attached hydrogens (tertiary/aromatic N) is 5. The largest absolute Gasteiger partial charge is 0.501 e. The Balaban J connectivity index is 1.62. The Labute approximate surface area is 178 Å². The normalized spacial score (nSPS) is 22.0. The van der Waals surface area contributed by atoms with E-state index in [1.165, 1.54) is 0 Å². The molecular formula is C22H30N6O2. The molecule has 2 aliphatic heterocycles. The highest BCUT2D eigenvalue weighted by Gasteiger charge is 2.13. The number of allylic oxidation sites excluding steroid dienone is 3. The molecule has 0 atom stereocenters. The number of ether oxygens (including phenoxy) is 1. The number of nitrogens with one attached hydrogen (secondary N) is 1. The number of aliphatic imine (C=N–C) groups is 1. The average Bonchev–Trinajstić information content (AvgIpc) is 3.19. The van der Waals surface area contributed by atoms with Gasteiger partial charge >= 0.3 is 5.91 Å². The first-order valence-electron chi connectivity index (χ1n) is 10.2. The van der Waals surface area contributed by atoms with Crippen molar-refractivity contribution in [2.24, 2.45) is 12.0 Å². The van der Waals surface area contributed by atoms with E-state index in [9.17, 15) is 4.79 Å². The number of methoxy groups -OCH3 is 1. The van der Waals surface area contributed by atoms with Gasteiger partial charge in [-0.3, -0.25) is 19.4 Å². The zero-order valence-electron chi connectivity index (χ0n) is 18.0. The van der Waals surface area contributed by atoms with Crippen molar-refractivity contribution >= 4 is 17.3 Å². The van der Waals surface area contributed by atoms with Gasteiger partial charge in [0.15, 0.2) is 0 Å². The minimum absolute atomic E-state index is 0.322. The lowest BCUT2D eigenvalue weighted by molar-refractivity contribution is -0.114. The van der Waals surface area contributed by atoms with Crippen molar-refractivity contribution in [1.29, 1.82) is 0 Å². The summed E-state index contributed by atoms with van der Waals surface area (Å²) in [4.78, 5) is 21.5. The van der Waals surface area contributed by atoms with Gasteiger partial charge in [0.25, 0.3) is 0 Å². The van der Waals surface area contributed by atoms with Crippen LogP contribution in [0.2, 0.25) is 0 Å². The van der Waals surface area contributed by atoms with Crippen LogP contribution in [0.5, 0.6) is 0 Å². The fourth-order valence-corrected chi connectivity index (χ4v) is 3.28. The number of amidine groups is 1. The fourth-order valence-electron chi connectivity index (χ4n) is 3.28. The van der Waals surface area contributed by atoms with Gasteiger partial charge < -0.3 is 15.0 Å². The minimum atomic E-state index is -0.322. The average molecular weight is 411 g/mol. The summed E-state index contributed by atoms with van der Waals surface area (Å²) in [6.07, 6.45) is 8.95. The van der Waals surface area contributed by atoms with Crippen LogP contribution >= 0.6 is 0 Å². The predicted molar refractivity (Wildman–Crippen MR) is 118 cm³/mol. The Morgan fingerprint density at radius 3 is 2.70 bits per heavy atom. The number of aryl methyl sites for hydroxylation is 1. The standard InChI is InChI=1S/C22H30N6O2/c1-26-11-13-28(14-12-26)10-4-5-22(29)25-21-9-8-20(30-3)7-6-18(15-23-21)19-16-24-27(2)17-19/h6-7,16-17H,8-15H2,1-3H3,(H,23,25,29)/b18-6+,20-7+. The van der Waals surface area contributed by atoms with Gasteiger partial charge in [0.1, 0.15) is 5.84 Å². The first kappa shape index (κ1) is 21.8. The molecule has 8 heteroatoms. The Hall–Kier alpha value is -2.89. The Morgan fingerprint density at radius 1 is 1.20 bits per heavy atom. The number of carbonyl (C=O) groups is 1. The number of rotatable bonds is 3. The highest BCUT2D eigenvalue weighted by molar-refractivity contribution is 6.06. The number of amides is 1. The van der Waals surface area contributed by atoms with Gasteiger partial charge in [-0.15, -0.1) is 0 Å². The van der Waals surface area contributed by atoms with E-state index in [4.69, 9.17) is 4.74 Å². The van der Waals surface area contributed by atoms with Crippen LogP contribution in [-0.4, -0.2) is 84.7 Å². The molecule has 1 fully saturated rings. The monoisotopic (exact) mass is 410 g/mol. The van der Waals surface area contributed by atoms with Gasteiger partial charge in [-0.1, -0.05) is 12.0 Å². The van der Waals surface area contributed by atoms with Crippen molar-refractivity contribution in [3.8, 4) is 11.8 Å². The van der Waals surface area contributed by atoms with Crippen LogP contribution < -0.4 is 5.32 Å². The van der Waals surface area contributed by atoms with E-state index in [1.54, 1.807) is 11.8 Å². The molecule has 3 heterocycles. The van der Waals surface area contributed by atoms with Gasteiger partial charge in [0, 0.05) is 57.8 Å². The molecule has 1 saturated heterocycles. The molecule has 0 bridgehead atoms. The lowest BCUT2D eigenvalue weighted by Gasteiger charge is -2.30. The number of hydrogen-bond donors (Lipinski definition) is 1. The first-order valence-corrected chi connectivity index (χ1v) is 10.2. The van der Waals surface area contributed by atoms with Crippen molar-refractivity contribution in [3.05, 3.63) is 35.9 Å². The van der Waals surface area contributed by atoms with Crippen molar-refractivity contribution in [1.82, 2.24) is 24.9 Å². The molecule has 30 heavy (non-hydrogen) atoms. The highest BCUT2D eigenvalue weighted by Crippen LogP contribution is 2.18. The van der Waals surface area contributed by atoms with Crippen molar-refractivity contribution in [2.45, 2.75) is 12.8 Å². The quantitative estimate of drug-likeness (QED) is 0.750. The van der Waals surface area contributed by atoms with E-state index in [0.717, 1.165) is 43.1 Å². The lowest BCUT2D eigenvalue weighted by atomic mass is 10.1. The molecular weight excluding hydrogens is 380 g/mol. The Bertz CT molecular complexity index is 894.